The van der Waals surface area contributed by atoms with E-state index in [0.717, 1.165) is 36.6 Å². The molecule has 1 atom stereocenters. The Kier molecular flexibility index (Phi) is 5.28. The van der Waals surface area contributed by atoms with Crippen molar-refractivity contribution in [1.82, 2.24) is 9.97 Å². The number of rotatable bonds is 5. The summed E-state index contributed by atoms with van der Waals surface area (Å²) in [6.07, 6.45) is 5.16. The minimum absolute atomic E-state index is 0.429. The minimum atomic E-state index is 0.429. The van der Waals surface area contributed by atoms with Crippen molar-refractivity contribution in [2.45, 2.75) is 32.2 Å². The lowest BCUT2D eigenvalue weighted by atomic mass is 10.0. The Hall–Kier alpha value is -3.28. The van der Waals surface area contributed by atoms with Gasteiger partial charge in [-0.2, -0.15) is 0 Å². The molecule has 0 spiro atoms. The molecule has 3 aromatic rings. The molecular formula is C22H26N6. The lowest BCUT2D eigenvalue weighted by Crippen LogP contribution is -2.38. The van der Waals surface area contributed by atoms with Crippen LogP contribution in [0.4, 0.5) is 28.7 Å². The second kappa shape index (κ2) is 8.17. The van der Waals surface area contributed by atoms with Gasteiger partial charge in [0.1, 0.15) is 12.0 Å². The summed E-state index contributed by atoms with van der Waals surface area (Å²) in [4.78, 5) is 11.2. The van der Waals surface area contributed by atoms with Gasteiger partial charge in [0.25, 0.3) is 0 Å². The van der Waals surface area contributed by atoms with Crippen LogP contribution in [0.15, 0.2) is 67.0 Å². The standard InChI is InChI=1S/C22H26N6/c1-17-10-8-9-15-27(17)22-20(23)21(24-16-25-22)26-28(18-11-4-2-5-12-18)19-13-6-3-7-14-19/h2-7,11-14,16-17H,8-10,15,23H2,1H3,(H,24,25,26). The maximum Gasteiger partial charge on any atom is 0.173 e. The molecule has 2 aromatic carbocycles. The number of hydrazine groups is 1. The third-order valence-corrected chi connectivity index (χ3v) is 5.18. The van der Waals surface area contributed by atoms with Crippen molar-refractivity contribution >= 4 is 28.7 Å². The number of nitrogen functional groups attached to an aromatic ring is 1. The van der Waals surface area contributed by atoms with Gasteiger partial charge in [-0.05, 0) is 50.5 Å². The highest BCUT2D eigenvalue weighted by molar-refractivity contribution is 5.78. The smallest absolute Gasteiger partial charge is 0.173 e. The van der Waals surface area contributed by atoms with Crippen LogP contribution in [0.1, 0.15) is 26.2 Å². The Morgan fingerprint density at radius 2 is 1.61 bits per heavy atom. The van der Waals surface area contributed by atoms with E-state index in [0.29, 0.717) is 17.5 Å². The molecule has 0 aliphatic carbocycles. The number of aromatic nitrogens is 2. The number of anilines is 5. The molecule has 1 fully saturated rings. The molecule has 4 rings (SSSR count). The van der Waals surface area contributed by atoms with Crippen molar-refractivity contribution in [2.75, 3.05) is 27.6 Å². The van der Waals surface area contributed by atoms with Gasteiger partial charge in [-0.1, -0.05) is 36.4 Å². The molecule has 6 nitrogen and oxygen atoms in total. The highest BCUT2D eigenvalue weighted by atomic mass is 15.5. The zero-order valence-electron chi connectivity index (χ0n) is 16.1. The van der Waals surface area contributed by atoms with Crippen molar-refractivity contribution in [3.05, 3.63) is 67.0 Å². The fourth-order valence-electron chi connectivity index (χ4n) is 3.66. The molecule has 0 amide bonds. The number of nitrogens with two attached hydrogens (primary N) is 1. The quantitative estimate of drug-likeness (QED) is 0.636. The Bertz CT molecular complexity index is 860. The Labute approximate surface area is 166 Å². The summed E-state index contributed by atoms with van der Waals surface area (Å²) >= 11 is 0. The average molecular weight is 374 g/mol. The van der Waals surface area contributed by atoms with Crippen molar-refractivity contribution in [1.29, 1.82) is 0 Å². The Balaban J connectivity index is 1.69. The molecule has 1 saturated heterocycles. The minimum Gasteiger partial charge on any atom is -0.393 e. The van der Waals surface area contributed by atoms with Crippen LogP contribution >= 0.6 is 0 Å². The number of piperidine rings is 1. The van der Waals surface area contributed by atoms with Crippen LogP contribution in [0.2, 0.25) is 0 Å². The highest BCUT2D eigenvalue weighted by Crippen LogP contribution is 2.33. The molecule has 144 valence electrons. The molecule has 0 radical (unpaired) electrons. The monoisotopic (exact) mass is 374 g/mol. The van der Waals surface area contributed by atoms with E-state index in [4.69, 9.17) is 5.73 Å². The van der Waals surface area contributed by atoms with E-state index in [1.54, 1.807) is 6.33 Å². The molecule has 0 saturated carbocycles. The predicted octanol–water partition coefficient (Wildman–Crippen LogP) is 4.60. The van der Waals surface area contributed by atoms with Crippen LogP contribution in [0.25, 0.3) is 0 Å². The number of benzene rings is 2. The summed E-state index contributed by atoms with van der Waals surface area (Å²) in [6.45, 7) is 3.21. The first-order valence-electron chi connectivity index (χ1n) is 9.78. The lowest BCUT2D eigenvalue weighted by Gasteiger charge is -2.35. The molecule has 1 aliphatic rings. The van der Waals surface area contributed by atoms with E-state index < -0.39 is 0 Å². The molecule has 28 heavy (non-hydrogen) atoms. The average Bonchev–Trinajstić information content (AvgIpc) is 2.75. The van der Waals surface area contributed by atoms with E-state index in [9.17, 15) is 0 Å². The lowest BCUT2D eigenvalue weighted by molar-refractivity contribution is 0.481. The maximum atomic E-state index is 6.53. The third-order valence-electron chi connectivity index (χ3n) is 5.18. The Morgan fingerprint density at radius 1 is 0.964 bits per heavy atom. The van der Waals surface area contributed by atoms with Crippen molar-refractivity contribution in [2.24, 2.45) is 0 Å². The molecule has 3 N–H and O–H groups in total. The summed E-state index contributed by atoms with van der Waals surface area (Å²) in [5.41, 5.74) is 12.5. The number of nitrogens with zero attached hydrogens (tertiary/aromatic N) is 4. The van der Waals surface area contributed by atoms with E-state index in [1.807, 2.05) is 65.7 Å². The van der Waals surface area contributed by atoms with Crippen LogP contribution in [0, 0.1) is 0 Å². The summed E-state index contributed by atoms with van der Waals surface area (Å²) in [7, 11) is 0. The maximum absolute atomic E-state index is 6.53. The van der Waals surface area contributed by atoms with Gasteiger partial charge in [0.2, 0.25) is 0 Å². The van der Waals surface area contributed by atoms with Gasteiger partial charge < -0.3 is 10.6 Å². The van der Waals surface area contributed by atoms with Crippen molar-refractivity contribution in [3.63, 3.8) is 0 Å². The number of hydrogen-bond donors (Lipinski definition) is 2. The highest BCUT2D eigenvalue weighted by Gasteiger charge is 2.23. The molecule has 1 unspecified atom stereocenters. The van der Waals surface area contributed by atoms with E-state index in [2.05, 4.69) is 27.2 Å². The van der Waals surface area contributed by atoms with Crippen molar-refractivity contribution in [3.8, 4) is 0 Å². The van der Waals surface area contributed by atoms with Crippen LogP contribution in [-0.2, 0) is 0 Å². The van der Waals surface area contributed by atoms with Crippen LogP contribution in [0.3, 0.4) is 0 Å². The van der Waals surface area contributed by atoms with Gasteiger partial charge >= 0.3 is 0 Å². The van der Waals surface area contributed by atoms with Crippen LogP contribution in [-0.4, -0.2) is 22.6 Å². The van der Waals surface area contributed by atoms with E-state index >= 15 is 0 Å². The largest absolute Gasteiger partial charge is 0.393 e. The number of para-hydroxylation sites is 2. The fraction of sp³-hybridized carbons (Fsp3) is 0.273. The molecule has 1 aromatic heterocycles. The van der Waals surface area contributed by atoms with E-state index in [1.165, 1.54) is 6.42 Å². The zero-order valence-corrected chi connectivity index (χ0v) is 16.1. The van der Waals surface area contributed by atoms with Gasteiger partial charge in [0, 0.05) is 12.6 Å². The second-order valence-corrected chi connectivity index (χ2v) is 7.12. The third kappa shape index (κ3) is 3.71. The van der Waals surface area contributed by atoms with Crippen molar-refractivity contribution < 1.29 is 0 Å². The number of hydrogen-bond acceptors (Lipinski definition) is 6. The van der Waals surface area contributed by atoms with Gasteiger partial charge in [-0.15, -0.1) is 0 Å². The van der Waals surface area contributed by atoms with Gasteiger partial charge in [-0.3, -0.25) is 10.4 Å². The second-order valence-electron chi connectivity index (χ2n) is 7.12. The zero-order chi connectivity index (χ0) is 19.3. The molecule has 6 heteroatoms. The van der Waals surface area contributed by atoms with Crippen LogP contribution in [0.5, 0.6) is 0 Å². The summed E-state index contributed by atoms with van der Waals surface area (Å²) in [6, 6.07) is 20.7. The first-order chi connectivity index (χ1) is 13.7. The molecule has 0 bridgehead atoms. The first kappa shape index (κ1) is 18.1. The Morgan fingerprint density at radius 3 is 2.21 bits per heavy atom. The first-order valence-corrected chi connectivity index (χ1v) is 9.78. The summed E-state index contributed by atoms with van der Waals surface area (Å²) < 4.78 is 0. The van der Waals surface area contributed by atoms with Crippen LogP contribution < -0.4 is 21.1 Å². The normalized spacial score (nSPS) is 16.6. The number of nitrogens with one attached hydrogen (secondary N) is 1. The topological polar surface area (TPSA) is 70.3 Å². The molecular weight excluding hydrogens is 348 g/mol. The SMILES string of the molecule is CC1CCCCN1c1ncnc(NN(c2ccccc2)c2ccccc2)c1N. The predicted molar refractivity (Wildman–Crippen MR) is 116 cm³/mol. The summed E-state index contributed by atoms with van der Waals surface area (Å²) in [5.74, 6) is 1.42. The van der Waals surface area contributed by atoms with Gasteiger partial charge in [-0.25, -0.2) is 9.97 Å². The molecule has 2 heterocycles. The molecule has 1 aliphatic heterocycles. The fourth-order valence-corrected chi connectivity index (χ4v) is 3.66. The van der Waals surface area contributed by atoms with E-state index in [-0.39, 0.29) is 0 Å². The van der Waals surface area contributed by atoms with Gasteiger partial charge in [0.05, 0.1) is 11.4 Å². The van der Waals surface area contributed by atoms with Gasteiger partial charge in [0.15, 0.2) is 11.6 Å². The summed E-state index contributed by atoms with van der Waals surface area (Å²) in [5, 5.41) is 1.99.